The molecule has 234 valence electrons. The summed E-state index contributed by atoms with van der Waals surface area (Å²) in [6.45, 7) is 12.7. The fourth-order valence-electron chi connectivity index (χ4n) is 6.65. The number of anilines is 1. The van der Waals surface area contributed by atoms with E-state index in [1.165, 1.54) is 17.6 Å². The number of aromatic nitrogens is 2. The highest BCUT2D eigenvalue weighted by atomic mass is 16.2. The number of carbonyl (C=O) groups is 2. The van der Waals surface area contributed by atoms with Crippen LogP contribution in [0.2, 0.25) is 0 Å². The van der Waals surface area contributed by atoms with Crippen LogP contribution >= 0.6 is 0 Å². The van der Waals surface area contributed by atoms with Gasteiger partial charge in [0.2, 0.25) is 5.91 Å². The number of nitrogens with zero attached hydrogens (tertiary/aromatic N) is 5. The molecule has 1 aromatic heterocycles. The van der Waals surface area contributed by atoms with E-state index in [0.717, 1.165) is 75.4 Å². The molecule has 0 radical (unpaired) electrons. The molecular weight excluding hydrogens is 550 g/mol. The molecule has 2 saturated heterocycles. The summed E-state index contributed by atoms with van der Waals surface area (Å²) in [6, 6.07) is 19.1. The first-order chi connectivity index (χ1) is 21.1. The average Bonchev–Trinajstić information content (AvgIpc) is 3.03. The quantitative estimate of drug-likeness (QED) is 0.380. The van der Waals surface area contributed by atoms with E-state index < -0.39 is 6.04 Å². The van der Waals surface area contributed by atoms with Crippen LogP contribution in [0.3, 0.4) is 0 Å². The fourth-order valence-corrected chi connectivity index (χ4v) is 6.65. The van der Waals surface area contributed by atoms with Crippen LogP contribution in [0.1, 0.15) is 72.4 Å². The minimum atomic E-state index is -0.517. The number of hydrogen-bond acceptors (Lipinski definition) is 7. The molecule has 0 spiro atoms. The van der Waals surface area contributed by atoms with Crippen molar-refractivity contribution in [1.29, 1.82) is 0 Å². The van der Waals surface area contributed by atoms with Crippen LogP contribution in [0.5, 0.6) is 0 Å². The molecular formula is C35H47N7O2. The third-order valence-electron chi connectivity index (χ3n) is 9.58. The predicted octanol–water partition coefficient (Wildman–Crippen LogP) is 4.22. The first kappa shape index (κ1) is 31.6. The van der Waals surface area contributed by atoms with Crippen LogP contribution in [-0.4, -0.2) is 75.4 Å². The maximum Gasteiger partial charge on any atom is 0.257 e. The van der Waals surface area contributed by atoms with Crippen molar-refractivity contribution < 1.29 is 9.59 Å². The zero-order chi connectivity index (χ0) is 31.3. The summed E-state index contributed by atoms with van der Waals surface area (Å²) in [7, 11) is 0. The standard InChI is InChI=1S/C35H47N7O2/c1-25(36)33(43)37-22-28-10-12-30(13-11-28)42(23-29-8-6-5-7-9-29)31-14-18-41(19-15-31)35(4)16-20-40(21-17-35)34(44)32-26(2)38-24-39-27(32)3/h5-13,24-25,31H,14-23,36H2,1-4H3,(H,37,43). The Labute approximate surface area is 261 Å². The van der Waals surface area contributed by atoms with Gasteiger partial charge in [-0.2, -0.15) is 0 Å². The Morgan fingerprint density at radius 3 is 2.16 bits per heavy atom. The van der Waals surface area contributed by atoms with Crippen LogP contribution in [-0.2, 0) is 17.9 Å². The number of nitrogens with two attached hydrogens (primary N) is 1. The predicted molar refractivity (Wildman–Crippen MR) is 174 cm³/mol. The molecule has 2 aromatic carbocycles. The number of piperidine rings is 2. The number of likely N-dealkylation sites (tertiary alicyclic amines) is 2. The van der Waals surface area contributed by atoms with E-state index in [9.17, 15) is 9.59 Å². The maximum atomic E-state index is 13.3. The Morgan fingerprint density at radius 2 is 1.57 bits per heavy atom. The molecule has 2 aliphatic rings. The molecule has 9 heteroatoms. The molecule has 3 heterocycles. The Bertz CT molecular complexity index is 1390. The summed E-state index contributed by atoms with van der Waals surface area (Å²) in [5.41, 5.74) is 11.5. The third-order valence-corrected chi connectivity index (χ3v) is 9.58. The molecule has 1 atom stereocenters. The summed E-state index contributed by atoms with van der Waals surface area (Å²) in [6.07, 6.45) is 5.61. The van der Waals surface area contributed by atoms with Crippen molar-refractivity contribution in [2.45, 2.75) is 84.1 Å². The third kappa shape index (κ3) is 7.27. The molecule has 2 fully saturated rings. The van der Waals surface area contributed by atoms with Crippen molar-refractivity contribution in [3.05, 3.63) is 89.0 Å². The van der Waals surface area contributed by atoms with Gasteiger partial charge in [-0.05, 0) is 76.6 Å². The maximum absolute atomic E-state index is 13.3. The molecule has 0 bridgehead atoms. The minimum Gasteiger partial charge on any atom is -0.364 e. The van der Waals surface area contributed by atoms with Gasteiger partial charge in [-0.1, -0.05) is 42.5 Å². The zero-order valence-corrected chi connectivity index (χ0v) is 26.6. The number of benzene rings is 2. The van der Waals surface area contributed by atoms with Crippen LogP contribution < -0.4 is 16.0 Å². The highest BCUT2D eigenvalue weighted by Crippen LogP contribution is 2.34. The topological polar surface area (TPSA) is 108 Å². The molecule has 2 amide bonds. The van der Waals surface area contributed by atoms with Gasteiger partial charge < -0.3 is 20.9 Å². The number of carbonyl (C=O) groups excluding carboxylic acids is 2. The van der Waals surface area contributed by atoms with Gasteiger partial charge in [0.1, 0.15) is 6.33 Å². The largest absolute Gasteiger partial charge is 0.364 e. The highest BCUT2D eigenvalue weighted by molar-refractivity contribution is 5.96. The Kier molecular flexibility index (Phi) is 9.96. The van der Waals surface area contributed by atoms with E-state index in [0.29, 0.717) is 18.2 Å². The van der Waals surface area contributed by atoms with E-state index in [1.54, 1.807) is 6.92 Å². The van der Waals surface area contributed by atoms with Gasteiger partial charge in [-0.25, -0.2) is 9.97 Å². The molecule has 3 aromatic rings. The summed E-state index contributed by atoms with van der Waals surface area (Å²) >= 11 is 0. The van der Waals surface area contributed by atoms with Gasteiger partial charge in [0.25, 0.3) is 5.91 Å². The van der Waals surface area contributed by atoms with Crippen LogP contribution in [0, 0.1) is 13.8 Å². The van der Waals surface area contributed by atoms with Gasteiger partial charge in [-0.3, -0.25) is 14.5 Å². The van der Waals surface area contributed by atoms with E-state index in [-0.39, 0.29) is 17.4 Å². The summed E-state index contributed by atoms with van der Waals surface area (Å²) in [4.78, 5) is 41.0. The molecule has 0 aliphatic carbocycles. The lowest BCUT2D eigenvalue weighted by molar-refractivity contribution is -0.122. The average molecular weight is 598 g/mol. The first-order valence-electron chi connectivity index (χ1n) is 15.9. The second-order valence-electron chi connectivity index (χ2n) is 12.7. The van der Waals surface area contributed by atoms with E-state index in [1.807, 2.05) is 18.7 Å². The summed E-state index contributed by atoms with van der Waals surface area (Å²) in [5.74, 6) is -0.0891. The molecule has 5 rings (SSSR count). The van der Waals surface area contributed by atoms with Gasteiger partial charge in [0.15, 0.2) is 0 Å². The van der Waals surface area contributed by atoms with Crippen molar-refractivity contribution in [3.8, 4) is 0 Å². The summed E-state index contributed by atoms with van der Waals surface area (Å²) < 4.78 is 0. The monoisotopic (exact) mass is 597 g/mol. The summed E-state index contributed by atoms with van der Waals surface area (Å²) in [5, 5.41) is 2.90. The fraction of sp³-hybridized carbons (Fsp3) is 0.486. The number of rotatable bonds is 9. The van der Waals surface area contributed by atoms with Crippen LogP contribution in [0.15, 0.2) is 60.9 Å². The Morgan fingerprint density at radius 1 is 0.955 bits per heavy atom. The molecule has 9 nitrogen and oxygen atoms in total. The van der Waals surface area contributed by atoms with Crippen LogP contribution in [0.4, 0.5) is 5.69 Å². The Balaban J connectivity index is 1.22. The lowest BCUT2D eigenvalue weighted by Crippen LogP contribution is -2.58. The van der Waals surface area contributed by atoms with E-state index in [4.69, 9.17) is 5.73 Å². The normalized spacial score (nSPS) is 18.1. The van der Waals surface area contributed by atoms with Crippen molar-refractivity contribution in [2.24, 2.45) is 5.73 Å². The first-order valence-corrected chi connectivity index (χ1v) is 15.9. The second-order valence-corrected chi connectivity index (χ2v) is 12.7. The van der Waals surface area contributed by atoms with E-state index in [2.05, 4.69) is 86.6 Å². The molecule has 2 aliphatic heterocycles. The zero-order valence-electron chi connectivity index (χ0n) is 26.6. The van der Waals surface area contributed by atoms with Crippen molar-refractivity contribution in [1.82, 2.24) is 25.1 Å². The van der Waals surface area contributed by atoms with Gasteiger partial charge in [-0.15, -0.1) is 0 Å². The van der Waals surface area contributed by atoms with Crippen LogP contribution in [0.25, 0.3) is 0 Å². The lowest BCUT2D eigenvalue weighted by Gasteiger charge is -2.50. The number of nitrogens with one attached hydrogen (secondary N) is 1. The molecule has 0 saturated carbocycles. The number of hydrogen-bond donors (Lipinski definition) is 2. The highest BCUT2D eigenvalue weighted by Gasteiger charge is 2.39. The van der Waals surface area contributed by atoms with Crippen molar-refractivity contribution >= 4 is 17.5 Å². The lowest BCUT2D eigenvalue weighted by atomic mass is 9.85. The second kappa shape index (κ2) is 13.9. The smallest absolute Gasteiger partial charge is 0.257 e. The van der Waals surface area contributed by atoms with Gasteiger partial charge >= 0.3 is 0 Å². The Hall–Kier alpha value is -3.82. The number of aryl methyl sites for hydroxylation is 2. The molecule has 44 heavy (non-hydrogen) atoms. The number of amides is 2. The van der Waals surface area contributed by atoms with Crippen molar-refractivity contribution in [3.63, 3.8) is 0 Å². The molecule has 3 N–H and O–H groups in total. The van der Waals surface area contributed by atoms with Gasteiger partial charge in [0.05, 0.1) is 23.0 Å². The van der Waals surface area contributed by atoms with Crippen molar-refractivity contribution in [2.75, 3.05) is 31.1 Å². The van der Waals surface area contributed by atoms with Gasteiger partial charge in [0, 0.05) is 56.5 Å². The van der Waals surface area contributed by atoms with E-state index >= 15 is 0 Å². The minimum absolute atomic E-state index is 0.0558. The molecule has 1 unspecified atom stereocenters. The SMILES string of the molecule is Cc1ncnc(C)c1C(=O)N1CCC(C)(N2CCC(N(Cc3ccccc3)c3ccc(CNC(=O)C(C)N)cc3)CC2)CC1.